The van der Waals surface area contributed by atoms with E-state index in [0.717, 1.165) is 12.1 Å². The SMILES string of the molecule is Cc1ccccc1CN(C)CC(O)COC(C)c1ccc(Cl)cc1. The molecule has 1 N–H and O–H groups in total. The summed E-state index contributed by atoms with van der Waals surface area (Å²) in [6, 6.07) is 15.9. The largest absolute Gasteiger partial charge is 0.389 e. The van der Waals surface area contributed by atoms with E-state index in [4.69, 9.17) is 16.3 Å². The second-order valence-electron chi connectivity index (χ2n) is 6.30. The van der Waals surface area contributed by atoms with E-state index in [1.165, 1.54) is 11.1 Å². The number of halogens is 1. The van der Waals surface area contributed by atoms with Crippen LogP contribution in [0.4, 0.5) is 0 Å². The highest BCUT2D eigenvalue weighted by molar-refractivity contribution is 6.30. The van der Waals surface area contributed by atoms with E-state index in [2.05, 4.69) is 24.0 Å². The molecule has 0 fully saturated rings. The number of aliphatic hydroxyl groups excluding tert-OH is 1. The number of hydrogen-bond donors (Lipinski definition) is 1. The smallest absolute Gasteiger partial charge is 0.0900 e. The molecule has 0 aliphatic heterocycles. The van der Waals surface area contributed by atoms with E-state index < -0.39 is 6.10 Å². The lowest BCUT2D eigenvalue weighted by atomic mass is 10.1. The van der Waals surface area contributed by atoms with Crippen LogP contribution in [-0.4, -0.2) is 36.3 Å². The Labute approximate surface area is 149 Å². The number of aliphatic hydroxyl groups is 1. The average Bonchev–Trinajstić information content (AvgIpc) is 2.55. The van der Waals surface area contributed by atoms with Gasteiger partial charge in [0.2, 0.25) is 0 Å². The van der Waals surface area contributed by atoms with Crippen molar-refractivity contribution in [1.29, 1.82) is 0 Å². The highest BCUT2D eigenvalue weighted by atomic mass is 35.5. The third-order valence-electron chi connectivity index (χ3n) is 4.10. The molecule has 0 saturated heterocycles. The van der Waals surface area contributed by atoms with Gasteiger partial charge >= 0.3 is 0 Å². The molecule has 4 heteroatoms. The van der Waals surface area contributed by atoms with Crippen molar-refractivity contribution in [1.82, 2.24) is 4.90 Å². The molecule has 2 rings (SSSR count). The van der Waals surface area contributed by atoms with Crippen LogP contribution in [0.3, 0.4) is 0 Å². The van der Waals surface area contributed by atoms with Gasteiger partial charge in [0.1, 0.15) is 0 Å². The lowest BCUT2D eigenvalue weighted by Gasteiger charge is -2.23. The van der Waals surface area contributed by atoms with Crippen LogP contribution in [0.15, 0.2) is 48.5 Å². The third kappa shape index (κ3) is 5.91. The zero-order valence-electron chi connectivity index (χ0n) is 14.6. The van der Waals surface area contributed by atoms with E-state index in [1.807, 2.05) is 50.4 Å². The van der Waals surface area contributed by atoms with E-state index in [9.17, 15) is 5.11 Å². The zero-order valence-corrected chi connectivity index (χ0v) is 15.3. The summed E-state index contributed by atoms with van der Waals surface area (Å²) in [6.45, 7) is 5.78. The first-order valence-corrected chi connectivity index (χ1v) is 8.61. The Morgan fingerprint density at radius 3 is 2.46 bits per heavy atom. The summed E-state index contributed by atoms with van der Waals surface area (Å²) in [4.78, 5) is 2.11. The quantitative estimate of drug-likeness (QED) is 0.776. The van der Waals surface area contributed by atoms with Gasteiger partial charge in [0, 0.05) is 18.1 Å². The minimum Gasteiger partial charge on any atom is -0.389 e. The molecular formula is C20H26ClNO2. The van der Waals surface area contributed by atoms with Crippen molar-refractivity contribution in [2.45, 2.75) is 32.6 Å². The molecule has 0 bridgehead atoms. The highest BCUT2D eigenvalue weighted by Gasteiger charge is 2.13. The maximum atomic E-state index is 10.2. The number of ether oxygens (including phenoxy) is 1. The first-order chi connectivity index (χ1) is 11.5. The van der Waals surface area contributed by atoms with Crippen molar-refractivity contribution >= 4 is 11.6 Å². The van der Waals surface area contributed by atoms with Crippen molar-refractivity contribution in [2.75, 3.05) is 20.2 Å². The molecule has 0 aliphatic rings. The van der Waals surface area contributed by atoms with Crippen LogP contribution in [0, 0.1) is 6.92 Å². The summed E-state index contributed by atoms with van der Waals surface area (Å²) >= 11 is 5.89. The number of aryl methyl sites for hydroxylation is 1. The molecule has 2 atom stereocenters. The molecule has 2 aromatic rings. The molecule has 0 saturated carbocycles. The van der Waals surface area contributed by atoms with Gasteiger partial charge in [-0.25, -0.2) is 0 Å². The Morgan fingerprint density at radius 2 is 1.79 bits per heavy atom. The number of benzene rings is 2. The Bertz CT molecular complexity index is 630. The second-order valence-corrected chi connectivity index (χ2v) is 6.74. The number of rotatable bonds is 8. The van der Waals surface area contributed by atoms with E-state index in [0.29, 0.717) is 18.2 Å². The van der Waals surface area contributed by atoms with Gasteiger partial charge in [-0.3, -0.25) is 4.90 Å². The Kier molecular flexibility index (Phi) is 7.25. The first-order valence-electron chi connectivity index (χ1n) is 8.24. The average molecular weight is 348 g/mol. The molecule has 130 valence electrons. The fourth-order valence-corrected chi connectivity index (χ4v) is 2.77. The van der Waals surface area contributed by atoms with Gasteiger partial charge in [-0.2, -0.15) is 0 Å². The van der Waals surface area contributed by atoms with Gasteiger partial charge in [-0.05, 0) is 49.7 Å². The summed E-state index contributed by atoms with van der Waals surface area (Å²) in [7, 11) is 2.01. The van der Waals surface area contributed by atoms with Gasteiger partial charge in [-0.1, -0.05) is 48.0 Å². The van der Waals surface area contributed by atoms with Gasteiger partial charge in [0.05, 0.1) is 18.8 Å². The van der Waals surface area contributed by atoms with Crippen LogP contribution < -0.4 is 0 Å². The molecule has 3 nitrogen and oxygen atoms in total. The maximum Gasteiger partial charge on any atom is 0.0900 e. The van der Waals surface area contributed by atoms with Crippen LogP contribution in [0.1, 0.15) is 29.7 Å². The van der Waals surface area contributed by atoms with Gasteiger partial charge in [0.25, 0.3) is 0 Å². The zero-order chi connectivity index (χ0) is 17.5. The van der Waals surface area contributed by atoms with Crippen LogP contribution in [0.25, 0.3) is 0 Å². The molecule has 0 amide bonds. The molecule has 24 heavy (non-hydrogen) atoms. The third-order valence-corrected chi connectivity index (χ3v) is 4.35. The number of likely N-dealkylation sites (N-methyl/N-ethyl adjacent to an activating group) is 1. The topological polar surface area (TPSA) is 32.7 Å². The maximum absolute atomic E-state index is 10.2. The summed E-state index contributed by atoms with van der Waals surface area (Å²) in [5.41, 5.74) is 3.61. The van der Waals surface area contributed by atoms with E-state index in [-0.39, 0.29) is 6.10 Å². The number of nitrogens with zero attached hydrogens (tertiary/aromatic N) is 1. The summed E-state index contributed by atoms with van der Waals surface area (Å²) in [6.07, 6.45) is -0.590. The molecule has 0 radical (unpaired) electrons. The standard InChI is InChI=1S/C20H26ClNO2/c1-15-6-4-5-7-18(15)12-22(3)13-20(23)14-24-16(2)17-8-10-19(21)11-9-17/h4-11,16,20,23H,12-14H2,1-3H3. The van der Waals surface area contributed by atoms with Crippen molar-refractivity contribution in [3.8, 4) is 0 Å². The predicted octanol–water partition coefficient (Wildman–Crippen LogP) is 4.22. The molecule has 0 spiro atoms. The Hall–Kier alpha value is -1.39. The van der Waals surface area contributed by atoms with Crippen molar-refractivity contribution < 1.29 is 9.84 Å². The Morgan fingerprint density at radius 1 is 1.12 bits per heavy atom. The normalized spacial score (nSPS) is 13.9. The van der Waals surface area contributed by atoms with Crippen molar-refractivity contribution in [3.63, 3.8) is 0 Å². The van der Waals surface area contributed by atoms with Crippen LogP contribution in [-0.2, 0) is 11.3 Å². The van der Waals surface area contributed by atoms with Gasteiger partial charge in [-0.15, -0.1) is 0 Å². The number of hydrogen-bond acceptors (Lipinski definition) is 3. The minimum absolute atomic E-state index is 0.0707. The molecule has 0 aliphatic carbocycles. The predicted molar refractivity (Wildman–Crippen MR) is 99.3 cm³/mol. The van der Waals surface area contributed by atoms with Crippen LogP contribution >= 0.6 is 11.6 Å². The summed E-state index contributed by atoms with van der Waals surface area (Å²) < 4.78 is 5.78. The van der Waals surface area contributed by atoms with Crippen LogP contribution in [0.5, 0.6) is 0 Å². The van der Waals surface area contributed by atoms with Gasteiger partial charge < -0.3 is 9.84 Å². The Balaban J connectivity index is 1.77. The van der Waals surface area contributed by atoms with E-state index >= 15 is 0 Å². The van der Waals surface area contributed by atoms with Crippen molar-refractivity contribution in [3.05, 3.63) is 70.2 Å². The molecule has 2 aromatic carbocycles. The first kappa shape index (κ1) is 18.9. The second kappa shape index (κ2) is 9.19. The monoisotopic (exact) mass is 347 g/mol. The highest BCUT2D eigenvalue weighted by Crippen LogP contribution is 2.19. The molecule has 0 heterocycles. The van der Waals surface area contributed by atoms with Crippen LogP contribution in [0.2, 0.25) is 5.02 Å². The van der Waals surface area contributed by atoms with Gasteiger partial charge in [0.15, 0.2) is 0 Å². The molecule has 0 aromatic heterocycles. The van der Waals surface area contributed by atoms with Crippen molar-refractivity contribution in [2.24, 2.45) is 0 Å². The summed E-state index contributed by atoms with van der Waals surface area (Å²) in [5, 5.41) is 10.9. The lowest BCUT2D eigenvalue weighted by molar-refractivity contribution is -0.0138. The fraction of sp³-hybridized carbons (Fsp3) is 0.400. The minimum atomic E-state index is -0.520. The molecule has 2 unspecified atom stereocenters. The summed E-state index contributed by atoms with van der Waals surface area (Å²) in [5.74, 6) is 0. The lowest BCUT2D eigenvalue weighted by Crippen LogP contribution is -2.32. The van der Waals surface area contributed by atoms with E-state index in [1.54, 1.807) is 0 Å². The molecular weight excluding hydrogens is 322 g/mol. The fourth-order valence-electron chi connectivity index (χ4n) is 2.64.